The Morgan fingerprint density at radius 1 is 0.973 bits per heavy atom. The van der Waals surface area contributed by atoms with Crippen molar-refractivity contribution in [3.63, 3.8) is 0 Å². The maximum absolute atomic E-state index is 14.0. The summed E-state index contributed by atoms with van der Waals surface area (Å²) in [5.41, 5.74) is -0.0905. The second-order valence-corrected chi connectivity index (χ2v) is 12.0. The highest BCUT2D eigenvalue weighted by Crippen LogP contribution is 2.52. The molecule has 0 aliphatic carbocycles. The van der Waals surface area contributed by atoms with Gasteiger partial charge in [-0.05, 0) is 59.2 Å². The molecule has 9 nitrogen and oxygen atoms in total. The van der Waals surface area contributed by atoms with Crippen LogP contribution < -0.4 is 9.61 Å². The molecule has 2 saturated heterocycles. The highest BCUT2D eigenvalue weighted by atomic mass is 31.2. The molecular formula is C27H36NO8P. The van der Waals surface area contributed by atoms with Crippen LogP contribution in [0.1, 0.15) is 53.2 Å². The molecule has 202 valence electrons. The molecule has 2 aromatic carbocycles. The highest BCUT2D eigenvalue weighted by Gasteiger charge is 2.61. The molecule has 0 bridgehead atoms. The van der Waals surface area contributed by atoms with Crippen molar-refractivity contribution in [3.05, 3.63) is 66.2 Å². The number of carbonyl (C=O) groups is 1. The SMILES string of the molecule is CC(C)OC(=O)[C@H](C)N[P@](=O)(OC[C@@]1(C)O[C@@H](c2ccccc2)[C@@H]2OC(C)(C)O[C@@H]21)Oc1ccccc1. The molecule has 1 N–H and O–H groups in total. The third kappa shape index (κ3) is 6.60. The molecule has 0 unspecified atom stereocenters. The van der Waals surface area contributed by atoms with Crippen molar-refractivity contribution in [2.45, 2.75) is 83.4 Å². The van der Waals surface area contributed by atoms with E-state index in [0.29, 0.717) is 5.75 Å². The molecule has 0 radical (unpaired) electrons. The zero-order chi connectivity index (χ0) is 26.8. The largest absolute Gasteiger partial charge is 0.462 e. The lowest BCUT2D eigenvalue weighted by atomic mass is 9.95. The highest BCUT2D eigenvalue weighted by molar-refractivity contribution is 7.52. The number of nitrogens with one attached hydrogen (secondary N) is 1. The number of benzene rings is 2. The van der Waals surface area contributed by atoms with Crippen LogP contribution >= 0.6 is 7.75 Å². The van der Waals surface area contributed by atoms with E-state index in [-0.39, 0.29) is 12.7 Å². The van der Waals surface area contributed by atoms with Gasteiger partial charge in [0.1, 0.15) is 35.7 Å². The molecule has 0 saturated carbocycles. The van der Waals surface area contributed by atoms with E-state index < -0.39 is 49.5 Å². The normalized spacial score (nSPS) is 28.9. The standard InChI is InChI=1S/C27H36NO8P/c1-18(2)32-25(29)19(3)28-37(30,36-21-15-11-8-12-16-21)31-17-27(6)24-23(33-26(4,5)35-24)22(34-27)20-13-9-7-10-14-20/h7-16,18-19,22-24H,17H2,1-6H3,(H,28,30)/t19-,22-,23-,24-,27+,37-/m0/s1. The van der Waals surface area contributed by atoms with Gasteiger partial charge in [-0.1, -0.05) is 48.5 Å². The average Bonchev–Trinajstić information content (AvgIpc) is 3.30. The molecule has 10 heteroatoms. The number of esters is 1. The topological polar surface area (TPSA) is 102 Å². The molecular weight excluding hydrogens is 497 g/mol. The zero-order valence-corrected chi connectivity index (χ0v) is 23.0. The fourth-order valence-electron chi connectivity index (χ4n) is 4.47. The summed E-state index contributed by atoms with van der Waals surface area (Å²) in [4.78, 5) is 12.4. The fourth-order valence-corrected chi connectivity index (χ4v) is 6.06. The van der Waals surface area contributed by atoms with Gasteiger partial charge in [0.25, 0.3) is 0 Å². The number of hydrogen-bond acceptors (Lipinski definition) is 8. The van der Waals surface area contributed by atoms with Crippen LogP contribution in [0.3, 0.4) is 0 Å². The van der Waals surface area contributed by atoms with Crippen LogP contribution in [-0.2, 0) is 32.8 Å². The number of hydrogen-bond donors (Lipinski definition) is 1. The smallest absolute Gasteiger partial charge is 0.459 e. The lowest BCUT2D eigenvalue weighted by Gasteiger charge is -2.33. The van der Waals surface area contributed by atoms with Crippen molar-refractivity contribution in [2.75, 3.05) is 6.61 Å². The predicted molar refractivity (Wildman–Crippen MR) is 137 cm³/mol. The van der Waals surface area contributed by atoms with Crippen molar-refractivity contribution < 1.29 is 37.4 Å². The van der Waals surface area contributed by atoms with E-state index in [4.69, 9.17) is 28.0 Å². The minimum atomic E-state index is -4.08. The summed E-state index contributed by atoms with van der Waals surface area (Å²) in [7, 11) is -4.08. The van der Waals surface area contributed by atoms with Gasteiger partial charge in [0.15, 0.2) is 5.79 Å². The zero-order valence-electron chi connectivity index (χ0n) is 22.1. The van der Waals surface area contributed by atoms with Crippen LogP contribution in [0.5, 0.6) is 5.75 Å². The van der Waals surface area contributed by atoms with Gasteiger partial charge in [-0.2, -0.15) is 5.09 Å². The Labute approximate surface area is 218 Å². The van der Waals surface area contributed by atoms with E-state index in [1.54, 1.807) is 45.0 Å². The van der Waals surface area contributed by atoms with E-state index in [1.807, 2.05) is 57.2 Å². The van der Waals surface area contributed by atoms with E-state index in [9.17, 15) is 9.36 Å². The van der Waals surface area contributed by atoms with Crippen LogP contribution in [0.2, 0.25) is 0 Å². The first-order chi connectivity index (χ1) is 17.4. The molecule has 2 aliphatic heterocycles. The monoisotopic (exact) mass is 533 g/mol. The van der Waals surface area contributed by atoms with Crippen molar-refractivity contribution >= 4 is 13.7 Å². The minimum Gasteiger partial charge on any atom is -0.462 e. The van der Waals surface area contributed by atoms with Crippen LogP contribution in [0.4, 0.5) is 0 Å². The summed E-state index contributed by atoms with van der Waals surface area (Å²) in [6.45, 7) is 10.4. The molecule has 2 aliphatic rings. The third-order valence-corrected chi connectivity index (χ3v) is 7.72. The lowest BCUT2D eigenvalue weighted by molar-refractivity contribution is -0.211. The quantitative estimate of drug-likeness (QED) is 0.327. The average molecular weight is 534 g/mol. The first kappa shape index (κ1) is 27.8. The van der Waals surface area contributed by atoms with Crippen molar-refractivity contribution in [1.29, 1.82) is 0 Å². The number of fused-ring (bicyclic) bond motifs is 1. The van der Waals surface area contributed by atoms with Crippen molar-refractivity contribution in [2.24, 2.45) is 0 Å². The van der Waals surface area contributed by atoms with Crippen LogP contribution in [0.15, 0.2) is 60.7 Å². The van der Waals surface area contributed by atoms with Gasteiger partial charge in [0, 0.05) is 0 Å². The maximum Gasteiger partial charge on any atom is 0.459 e. The number of carbonyl (C=O) groups excluding carboxylic acids is 1. The van der Waals surface area contributed by atoms with Gasteiger partial charge in [0.05, 0.1) is 12.7 Å². The summed E-state index contributed by atoms with van der Waals surface area (Å²) < 4.78 is 49.9. The van der Waals surface area contributed by atoms with Gasteiger partial charge >= 0.3 is 13.7 Å². The van der Waals surface area contributed by atoms with Crippen LogP contribution in [0.25, 0.3) is 0 Å². The number of ether oxygens (including phenoxy) is 4. The van der Waals surface area contributed by atoms with E-state index in [0.717, 1.165) is 5.56 Å². The maximum atomic E-state index is 14.0. The van der Waals surface area contributed by atoms with Gasteiger partial charge < -0.3 is 23.5 Å². The molecule has 37 heavy (non-hydrogen) atoms. The van der Waals surface area contributed by atoms with E-state index in [1.165, 1.54) is 0 Å². The summed E-state index contributed by atoms with van der Waals surface area (Å²) in [6.07, 6.45) is -1.63. The molecule has 0 amide bonds. The van der Waals surface area contributed by atoms with Crippen LogP contribution in [-0.4, -0.2) is 48.3 Å². The van der Waals surface area contributed by atoms with E-state index in [2.05, 4.69) is 5.09 Å². The van der Waals surface area contributed by atoms with Crippen LogP contribution in [0, 0.1) is 0 Å². The Kier molecular flexibility index (Phi) is 8.14. The number of para-hydroxylation sites is 1. The molecule has 6 atom stereocenters. The first-order valence-electron chi connectivity index (χ1n) is 12.5. The summed E-state index contributed by atoms with van der Waals surface area (Å²) in [5.74, 6) is -1.08. The van der Waals surface area contributed by atoms with Gasteiger partial charge in [-0.25, -0.2) is 4.57 Å². The lowest BCUT2D eigenvalue weighted by Crippen LogP contribution is -2.45. The summed E-state index contributed by atoms with van der Waals surface area (Å²) in [6, 6.07) is 17.4. The Morgan fingerprint density at radius 3 is 2.22 bits per heavy atom. The van der Waals surface area contributed by atoms with Gasteiger partial charge in [-0.15, -0.1) is 0 Å². The third-order valence-electron chi connectivity index (χ3n) is 6.10. The van der Waals surface area contributed by atoms with E-state index >= 15 is 0 Å². The molecule has 2 aromatic rings. The van der Waals surface area contributed by atoms with Gasteiger partial charge in [0.2, 0.25) is 0 Å². The number of rotatable bonds is 10. The molecule has 4 rings (SSSR count). The summed E-state index contributed by atoms with van der Waals surface area (Å²) in [5, 5.41) is 2.72. The Balaban J connectivity index is 1.56. The van der Waals surface area contributed by atoms with Crippen molar-refractivity contribution in [3.8, 4) is 5.75 Å². The Hall–Kier alpha value is -2.26. The Bertz CT molecular complexity index is 1110. The Morgan fingerprint density at radius 2 is 1.59 bits per heavy atom. The van der Waals surface area contributed by atoms with Gasteiger partial charge in [-0.3, -0.25) is 9.32 Å². The second kappa shape index (κ2) is 10.8. The fraction of sp³-hybridized carbons (Fsp3) is 0.519. The molecule has 2 fully saturated rings. The van der Waals surface area contributed by atoms with Crippen molar-refractivity contribution in [1.82, 2.24) is 5.09 Å². The first-order valence-corrected chi connectivity index (χ1v) is 14.0. The molecule has 0 spiro atoms. The molecule has 0 aromatic heterocycles. The molecule has 2 heterocycles. The predicted octanol–water partition coefficient (Wildman–Crippen LogP) is 5.17. The second-order valence-electron chi connectivity index (χ2n) is 10.3. The minimum absolute atomic E-state index is 0.153. The summed E-state index contributed by atoms with van der Waals surface area (Å²) >= 11 is 0.